The molecule has 3 N–H and O–H groups in total. The van der Waals surface area contributed by atoms with Gasteiger partial charge >= 0.3 is 12.1 Å². The molecular weight excluding hydrogens is 494 g/mol. The number of hydrogen-bond donors (Lipinski definition) is 3. The Morgan fingerprint density at radius 1 is 1.05 bits per heavy atom. The molecule has 1 atom stereocenters. The summed E-state index contributed by atoms with van der Waals surface area (Å²) in [4.78, 5) is 27.8. The van der Waals surface area contributed by atoms with Crippen molar-refractivity contribution in [3.8, 4) is 22.5 Å². The Morgan fingerprint density at radius 2 is 1.77 bits per heavy atom. The van der Waals surface area contributed by atoms with Gasteiger partial charge in [0.25, 0.3) is 0 Å². The average Bonchev–Trinajstić information content (AvgIpc) is 3.48. The zero-order valence-corrected chi connectivity index (χ0v) is 21.5. The minimum absolute atomic E-state index is 0.398. The molecule has 1 unspecified atom stereocenters. The summed E-state index contributed by atoms with van der Waals surface area (Å²) in [5, 5.41) is 17.3. The van der Waals surface area contributed by atoms with Gasteiger partial charge in [-0.05, 0) is 61.1 Å². The van der Waals surface area contributed by atoms with Crippen molar-refractivity contribution in [1.29, 1.82) is 0 Å². The van der Waals surface area contributed by atoms with Crippen LogP contribution >= 0.6 is 0 Å². The van der Waals surface area contributed by atoms with E-state index in [1.165, 1.54) is 6.20 Å². The summed E-state index contributed by atoms with van der Waals surface area (Å²) >= 11 is 0. The van der Waals surface area contributed by atoms with E-state index in [0.717, 1.165) is 44.4 Å². The van der Waals surface area contributed by atoms with E-state index in [1.54, 1.807) is 0 Å². The molecule has 39 heavy (non-hydrogen) atoms. The fraction of sp³-hybridized carbons (Fsp3) is 0.194. The highest BCUT2D eigenvalue weighted by Gasteiger charge is 2.51. The molecule has 8 heteroatoms. The number of benzene rings is 3. The van der Waals surface area contributed by atoms with Crippen molar-refractivity contribution in [2.45, 2.75) is 38.2 Å². The summed E-state index contributed by atoms with van der Waals surface area (Å²) in [7, 11) is 0. The number of nitrogens with one attached hydrogen (secondary N) is 2. The molecule has 196 valence electrons. The molecule has 1 saturated carbocycles. The molecule has 3 aromatic carbocycles. The number of anilines is 1. The Labute approximate surface area is 224 Å². The highest BCUT2D eigenvalue weighted by molar-refractivity contribution is 6.05. The standard InChI is InChI=1S/C31H27N3O5/c1-18-16-25-23(21-8-10-22(11-9-21)31(14-15-31)29(35)36)12-13-24(27(25)33-18)28-26(17-32-39-28)34-30(37)38-19(2)20-6-4-3-5-7-20/h3-13,16-17,19,33H,14-15H2,1-2H3,(H,34,37)(H,35,36). The summed E-state index contributed by atoms with van der Waals surface area (Å²) in [5.74, 6) is -0.358. The Morgan fingerprint density at radius 3 is 2.46 bits per heavy atom. The Balaban J connectivity index is 1.29. The lowest BCUT2D eigenvalue weighted by molar-refractivity contribution is -0.140. The molecule has 1 aliphatic carbocycles. The zero-order valence-electron chi connectivity index (χ0n) is 21.5. The molecule has 0 bridgehead atoms. The van der Waals surface area contributed by atoms with Crippen molar-refractivity contribution >= 4 is 28.7 Å². The van der Waals surface area contributed by atoms with Crippen molar-refractivity contribution in [2.24, 2.45) is 0 Å². The van der Waals surface area contributed by atoms with Crippen molar-refractivity contribution in [1.82, 2.24) is 10.1 Å². The van der Waals surface area contributed by atoms with E-state index in [2.05, 4.69) is 21.5 Å². The normalized spacial score (nSPS) is 14.6. The second-order valence-electron chi connectivity index (χ2n) is 10.0. The van der Waals surface area contributed by atoms with E-state index < -0.39 is 23.6 Å². The lowest BCUT2D eigenvalue weighted by Gasteiger charge is -2.14. The van der Waals surface area contributed by atoms with Crippen LogP contribution < -0.4 is 5.32 Å². The molecule has 8 nitrogen and oxygen atoms in total. The van der Waals surface area contributed by atoms with Crippen LogP contribution in [0.4, 0.5) is 10.5 Å². The van der Waals surface area contributed by atoms with Gasteiger partial charge < -0.3 is 19.4 Å². The van der Waals surface area contributed by atoms with E-state index in [1.807, 2.05) is 80.6 Å². The van der Waals surface area contributed by atoms with Crippen LogP contribution in [0.2, 0.25) is 0 Å². The third kappa shape index (κ3) is 4.44. The second kappa shape index (κ2) is 9.47. The monoisotopic (exact) mass is 521 g/mol. The van der Waals surface area contributed by atoms with E-state index in [4.69, 9.17) is 9.26 Å². The van der Waals surface area contributed by atoms with Gasteiger partial charge in [0.2, 0.25) is 0 Å². The number of carbonyl (C=O) groups excluding carboxylic acids is 1. The predicted octanol–water partition coefficient (Wildman–Crippen LogP) is 7.22. The number of carboxylic acids is 1. The van der Waals surface area contributed by atoms with E-state index >= 15 is 0 Å². The Kier molecular flexibility index (Phi) is 5.95. The topological polar surface area (TPSA) is 117 Å². The summed E-state index contributed by atoms with van der Waals surface area (Å²) in [6.45, 7) is 3.79. The molecule has 1 fully saturated rings. The fourth-order valence-electron chi connectivity index (χ4n) is 5.13. The van der Waals surface area contributed by atoms with Crippen LogP contribution in [0.5, 0.6) is 0 Å². The average molecular weight is 522 g/mol. The number of amides is 1. The SMILES string of the molecule is Cc1cc2c(-c3ccc(C4(C(=O)O)CC4)cc3)ccc(-c3oncc3NC(=O)OC(C)c3ccccc3)c2[nH]1. The number of aliphatic carboxylic acids is 1. The number of hydrogen-bond acceptors (Lipinski definition) is 5. The minimum Gasteiger partial charge on any atom is -0.481 e. The number of H-pyrrole nitrogens is 1. The van der Waals surface area contributed by atoms with Gasteiger partial charge in [-0.15, -0.1) is 0 Å². The molecule has 1 aliphatic rings. The summed E-state index contributed by atoms with van der Waals surface area (Å²) < 4.78 is 11.1. The van der Waals surface area contributed by atoms with Gasteiger partial charge in [-0.3, -0.25) is 10.1 Å². The largest absolute Gasteiger partial charge is 0.481 e. The summed E-state index contributed by atoms with van der Waals surface area (Å²) in [5.41, 5.74) is 5.90. The highest BCUT2D eigenvalue weighted by Crippen LogP contribution is 2.49. The number of carbonyl (C=O) groups is 2. The van der Waals surface area contributed by atoms with Gasteiger partial charge in [-0.1, -0.05) is 65.8 Å². The van der Waals surface area contributed by atoms with Crippen LogP contribution in [0.3, 0.4) is 0 Å². The second-order valence-corrected chi connectivity index (χ2v) is 10.0. The van der Waals surface area contributed by atoms with Gasteiger partial charge in [0.05, 0.1) is 17.1 Å². The molecule has 0 saturated heterocycles. The number of aryl methyl sites for hydroxylation is 1. The van der Waals surface area contributed by atoms with Gasteiger partial charge in [-0.25, -0.2) is 4.79 Å². The van der Waals surface area contributed by atoms with Gasteiger partial charge in [0.1, 0.15) is 11.8 Å². The van der Waals surface area contributed by atoms with Gasteiger partial charge in [0, 0.05) is 16.6 Å². The minimum atomic E-state index is -0.766. The number of aromatic nitrogens is 2. The first-order valence-electron chi connectivity index (χ1n) is 12.8. The number of nitrogens with zero attached hydrogens (tertiary/aromatic N) is 1. The highest BCUT2D eigenvalue weighted by atomic mass is 16.6. The number of carboxylic acid groups (broad SMARTS) is 1. The smallest absolute Gasteiger partial charge is 0.412 e. The molecule has 2 heterocycles. The Bertz CT molecular complexity index is 1680. The molecular formula is C31H27N3O5. The van der Waals surface area contributed by atoms with Crippen molar-refractivity contribution in [3.05, 3.63) is 95.8 Å². The van der Waals surface area contributed by atoms with Crippen LogP contribution in [0, 0.1) is 6.92 Å². The third-order valence-electron chi connectivity index (χ3n) is 7.44. The fourth-order valence-corrected chi connectivity index (χ4v) is 5.13. The summed E-state index contributed by atoms with van der Waals surface area (Å²) in [6.07, 6.45) is 1.76. The predicted molar refractivity (Wildman–Crippen MR) is 147 cm³/mol. The summed E-state index contributed by atoms with van der Waals surface area (Å²) in [6, 6.07) is 23.2. The quantitative estimate of drug-likeness (QED) is 0.208. The van der Waals surface area contributed by atoms with E-state index in [-0.39, 0.29) is 0 Å². The maximum Gasteiger partial charge on any atom is 0.412 e. The van der Waals surface area contributed by atoms with E-state index in [9.17, 15) is 14.7 Å². The van der Waals surface area contributed by atoms with Crippen LogP contribution in [0.1, 0.15) is 42.7 Å². The van der Waals surface area contributed by atoms with Crippen molar-refractivity contribution in [2.75, 3.05) is 5.32 Å². The molecule has 0 radical (unpaired) electrons. The number of aromatic amines is 1. The maximum absolute atomic E-state index is 12.7. The zero-order chi connectivity index (χ0) is 27.1. The number of fused-ring (bicyclic) bond motifs is 1. The molecule has 0 spiro atoms. The van der Waals surface area contributed by atoms with Crippen LogP contribution in [-0.2, 0) is 14.9 Å². The van der Waals surface area contributed by atoms with Crippen molar-refractivity contribution < 1.29 is 24.0 Å². The van der Waals surface area contributed by atoms with Gasteiger partial charge in [-0.2, -0.15) is 0 Å². The third-order valence-corrected chi connectivity index (χ3v) is 7.44. The molecule has 0 aliphatic heterocycles. The van der Waals surface area contributed by atoms with Crippen LogP contribution in [0.15, 0.2) is 83.5 Å². The number of ether oxygens (including phenoxy) is 1. The number of rotatable bonds is 7. The lowest BCUT2D eigenvalue weighted by atomic mass is 9.92. The first-order chi connectivity index (χ1) is 18.9. The van der Waals surface area contributed by atoms with Crippen LogP contribution in [0.25, 0.3) is 33.4 Å². The first-order valence-corrected chi connectivity index (χ1v) is 12.8. The van der Waals surface area contributed by atoms with E-state index in [0.29, 0.717) is 24.3 Å². The maximum atomic E-state index is 12.7. The lowest BCUT2D eigenvalue weighted by Crippen LogP contribution is -2.19. The molecule has 5 aromatic rings. The van der Waals surface area contributed by atoms with Crippen molar-refractivity contribution in [3.63, 3.8) is 0 Å². The Hall–Kier alpha value is -4.85. The molecule has 2 aromatic heterocycles. The molecule has 1 amide bonds. The van der Waals surface area contributed by atoms with Gasteiger partial charge in [0.15, 0.2) is 5.76 Å². The van der Waals surface area contributed by atoms with Crippen LogP contribution in [-0.4, -0.2) is 27.3 Å². The molecule has 6 rings (SSSR count). The first kappa shape index (κ1) is 24.5.